The maximum atomic E-state index is 5.89. The van der Waals surface area contributed by atoms with E-state index >= 15 is 0 Å². The molecule has 1 saturated carbocycles. The van der Waals surface area contributed by atoms with Gasteiger partial charge in [-0.2, -0.15) is 0 Å². The number of aromatic nitrogens is 1. The van der Waals surface area contributed by atoms with Crippen molar-refractivity contribution in [2.24, 2.45) is 5.41 Å². The van der Waals surface area contributed by atoms with E-state index in [4.69, 9.17) is 11.6 Å². The average Bonchev–Trinajstić information content (AvgIpc) is 2.26. The van der Waals surface area contributed by atoms with Crippen LogP contribution in [0.1, 0.15) is 39.5 Å². The van der Waals surface area contributed by atoms with Crippen LogP contribution in [0.5, 0.6) is 0 Å². The van der Waals surface area contributed by atoms with Crippen LogP contribution in [0.3, 0.4) is 0 Å². The van der Waals surface area contributed by atoms with Gasteiger partial charge in [0, 0.05) is 6.04 Å². The van der Waals surface area contributed by atoms with Crippen molar-refractivity contribution in [3.8, 4) is 0 Å². The van der Waals surface area contributed by atoms with Gasteiger partial charge in [0.1, 0.15) is 5.15 Å². The number of pyridine rings is 1. The Kier molecular flexibility index (Phi) is 3.99. The Labute approximate surface area is 116 Å². The van der Waals surface area contributed by atoms with Gasteiger partial charge in [-0.1, -0.05) is 38.3 Å². The summed E-state index contributed by atoms with van der Waals surface area (Å²) in [4.78, 5) is 4.15. The Morgan fingerprint density at radius 2 is 2.24 bits per heavy atom. The van der Waals surface area contributed by atoms with E-state index in [1.165, 1.54) is 25.7 Å². The predicted molar refractivity (Wildman–Crippen MR) is 76.6 cm³/mol. The van der Waals surface area contributed by atoms with Gasteiger partial charge in [-0.05, 0) is 40.3 Å². The van der Waals surface area contributed by atoms with Gasteiger partial charge in [-0.3, -0.25) is 0 Å². The van der Waals surface area contributed by atoms with Crippen molar-refractivity contribution in [1.82, 2.24) is 4.98 Å². The molecular formula is C13H18BrClN2. The second-order valence-corrected chi connectivity index (χ2v) is 6.64. The van der Waals surface area contributed by atoms with E-state index in [0.29, 0.717) is 16.6 Å². The number of rotatable bonds is 2. The summed E-state index contributed by atoms with van der Waals surface area (Å²) in [6, 6.07) is 2.52. The molecule has 0 spiro atoms. The van der Waals surface area contributed by atoms with Gasteiger partial charge in [0.2, 0.25) is 0 Å². The summed E-state index contributed by atoms with van der Waals surface area (Å²) in [5, 5.41) is 4.10. The van der Waals surface area contributed by atoms with Gasteiger partial charge in [-0.15, -0.1) is 0 Å². The summed E-state index contributed by atoms with van der Waals surface area (Å²) >= 11 is 9.30. The minimum atomic E-state index is 0.352. The zero-order chi connectivity index (χ0) is 12.5. The van der Waals surface area contributed by atoms with Crippen LogP contribution in [0.25, 0.3) is 0 Å². The lowest BCUT2D eigenvalue weighted by Crippen LogP contribution is -2.38. The van der Waals surface area contributed by atoms with Crippen molar-refractivity contribution in [3.05, 3.63) is 21.9 Å². The Morgan fingerprint density at radius 1 is 1.47 bits per heavy atom. The van der Waals surface area contributed by atoms with Crippen molar-refractivity contribution in [2.45, 2.75) is 45.6 Å². The minimum Gasteiger partial charge on any atom is -0.380 e. The molecule has 2 nitrogen and oxygen atoms in total. The van der Waals surface area contributed by atoms with E-state index < -0.39 is 0 Å². The first-order chi connectivity index (χ1) is 7.99. The van der Waals surface area contributed by atoms with Crippen LogP contribution in [0, 0.1) is 5.41 Å². The predicted octanol–water partition coefficient (Wildman–Crippen LogP) is 4.88. The number of nitrogens with zero attached hydrogens (tertiary/aromatic N) is 1. The second-order valence-electron chi connectivity index (χ2n) is 5.43. The number of hydrogen-bond donors (Lipinski definition) is 1. The normalized spacial score (nSPS) is 23.4. The zero-order valence-electron chi connectivity index (χ0n) is 10.3. The van der Waals surface area contributed by atoms with Crippen LogP contribution in [-0.2, 0) is 0 Å². The first-order valence-electron chi connectivity index (χ1n) is 6.06. The molecule has 0 radical (unpaired) electrons. The highest BCUT2D eigenvalue weighted by molar-refractivity contribution is 9.10. The van der Waals surface area contributed by atoms with Gasteiger partial charge in [0.15, 0.2) is 0 Å². The largest absolute Gasteiger partial charge is 0.380 e. The third-order valence-corrected chi connectivity index (χ3v) is 4.78. The molecule has 1 atom stereocenters. The van der Waals surface area contributed by atoms with Crippen LogP contribution < -0.4 is 5.32 Å². The number of anilines is 1. The zero-order valence-corrected chi connectivity index (χ0v) is 12.6. The fourth-order valence-corrected chi connectivity index (χ4v) is 2.92. The van der Waals surface area contributed by atoms with Crippen molar-refractivity contribution in [2.75, 3.05) is 5.32 Å². The highest BCUT2D eigenvalue weighted by Crippen LogP contribution is 2.37. The fourth-order valence-electron chi connectivity index (χ4n) is 2.46. The van der Waals surface area contributed by atoms with Crippen molar-refractivity contribution >= 4 is 33.2 Å². The van der Waals surface area contributed by atoms with E-state index in [0.717, 1.165) is 10.2 Å². The smallest absolute Gasteiger partial charge is 0.143 e. The number of nitrogens with one attached hydrogen (secondary N) is 1. The molecule has 0 aliphatic heterocycles. The lowest BCUT2D eigenvalue weighted by molar-refractivity contribution is 0.217. The Hall–Kier alpha value is -0.280. The van der Waals surface area contributed by atoms with Crippen molar-refractivity contribution in [3.63, 3.8) is 0 Å². The monoisotopic (exact) mass is 316 g/mol. The van der Waals surface area contributed by atoms with E-state index in [1.807, 2.05) is 6.07 Å². The topological polar surface area (TPSA) is 24.9 Å². The third kappa shape index (κ3) is 3.14. The lowest BCUT2D eigenvalue weighted by Gasteiger charge is -2.39. The minimum absolute atomic E-state index is 0.352. The van der Waals surface area contributed by atoms with Crippen LogP contribution >= 0.6 is 27.5 Å². The molecule has 1 aliphatic rings. The molecule has 0 bridgehead atoms. The molecule has 0 aromatic carbocycles. The molecular weight excluding hydrogens is 300 g/mol. The quantitative estimate of drug-likeness (QED) is 0.786. The first kappa shape index (κ1) is 13.2. The molecule has 0 amide bonds. The summed E-state index contributed by atoms with van der Waals surface area (Å²) in [6.07, 6.45) is 6.97. The summed E-state index contributed by atoms with van der Waals surface area (Å²) in [6.45, 7) is 4.67. The molecule has 1 aromatic rings. The molecule has 94 valence electrons. The third-order valence-electron chi connectivity index (χ3n) is 3.64. The van der Waals surface area contributed by atoms with Crippen LogP contribution in [0.15, 0.2) is 16.7 Å². The summed E-state index contributed by atoms with van der Waals surface area (Å²) in [5.41, 5.74) is 1.39. The molecule has 1 unspecified atom stereocenters. The van der Waals surface area contributed by atoms with Gasteiger partial charge in [-0.25, -0.2) is 4.98 Å². The van der Waals surface area contributed by atoms with E-state index in [1.54, 1.807) is 6.20 Å². The maximum Gasteiger partial charge on any atom is 0.143 e. The molecule has 0 saturated heterocycles. The van der Waals surface area contributed by atoms with Gasteiger partial charge >= 0.3 is 0 Å². The standard InChI is InChI=1S/C13H18BrClN2/c1-13(2)6-4-3-5-11(13)17-9-7-10(14)12(15)16-8-9/h7-8,11,17H,3-6H2,1-2H3. The molecule has 2 rings (SSSR count). The Balaban J connectivity index is 2.11. The van der Waals surface area contributed by atoms with E-state index in [2.05, 4.69) is 40.1 Å². The van der Waals surface area contributed by atoms with Gasteiger partial charge in [0.25, 0.3) is 0 Å². The molecule has 1 aliphatic carbocycles. The van der Waals surface area contributed by atoms with E-state index in [-0.39, 0.29) is 0 Å². The molecule has 17 heavy (non-hydrogen) atoms. The SMILES string of the molecule is CC1(C)CCCCC1Nc1cnc(Cl)c(Br)c1. The van der Waals surface area contributed by atoms with Crippen LogP contribution in [0.4, 0.5) is 5.69 Å². The average molecular weight is 318 g/mol. The van der Waals surface area contributed by atoms with Crippen LogP contribution in [-0.4, -0.2) is 11.0 Å². The molecule has 1 aromatic heterocycles. The summed E-state index contributed by atoms with van der Waals surface area (Å²) in [5.74, 6) is 0. The van der Waals surface area contributed by atoms with Crippen molar-refractivity contribution in [1.29, 1.82) is 0 Å². The Bertz CT molecular complexity index is 406. The number of halogens is 2. The molecule has 1 heterocycles. The maximum absolute atomic E-state index is 5.89. The van der Waals surface area contributed by atoms with Crippen LogP contribution in [0.2, 0.25) is 5.15 Å². The Morgan fingerprint density at radius 3 is 2.88 bits per heavy atom. The molecule has 1 fully saturated rings. The summed E-state index contributed by atoms with van der Waals surface area (Å²) in [7, 11) is 0. The second kappa shape index (κ2) is 5.15. The molecule has 1 N–H and O–H groups in total. The first-order valence-corrected chi connectivity index (χ1v) is 7.24. The molecule has 4 heteroatoms. The van der Waals surface area contributed by atoms with Crippen molar-refractivity contribution < 1.29 is 0 Å². The highest BCUT2D eigenvalue weighted by atomic mass is 79.9. The van der Waals surface area contributed by atoms with Gasteiger partial charge in [0.05, 0.1) is 16.4 Å². The highest BCUT2D eigenvalue weighted by Gasteiger charge is 2.32. The van der Waals surface area contributed by atoms with E-state index in [9.17, 15) is 0 Å². The summed E-state index contributed by atoms with van der Waals surface area (Å²) < 4.78 is 0.845. The van der Waals surface area contributed by atoms with Gasteiger partial charge < -0.3 is 5.32 Å². The lowest BCUT2D eigenvalue weighted by atomic mass is 9.73. The number of hydrogen-bond acceptors (Lipinski definition) is 2. The fraction of sp³-hybridized carbons (Fsp3) is 0.615.